The summed E-state index contributed by atoms with van der Waals surface area (Å²) < 4.78 is 0. The third-order valence-electron chi connectivity index (χ3n) is 5.59. The van der Waals surface area contributed by atoms with E-state index in [9.17, 15) is 0 Å². The molecule has 0 saturated heterocycles. The maximum Gasteiger partial charge on any atom is 0.0471 e. The maximum atomic E-state index is 3.62. The van der Waals surface area contributed by atoms with Crippen LogP contribution in [0, 0.1) is 0 Å². The molecule has 0 amide bonds. The second-order valence-electron chi connectivity index (χ2n) is 7.09. The monoisotopic (exact) mass is 343 g/mol. The molecule has 0 saturated carbocycles. The van der Waals surface area contributed by atoms with E-state index in [-0.39, 0.29) is 0 Å². The number of rotatable bonds is 1. The van der Waals surface area contributed by atoms with Crippen LogP contribution in [0.5, 0.6) is 0 Å². The molecule has 0 fully saturated rings. The lowest BCUT2D eigenvalue weighted by Gasteiger charge is -2.09. The van der Waals surface area contributed by atoms with Gasteiger partial charge in [0.15, 0.2) is 0 Å². The van der Waals surface area contributed by atoms with Crippen LogP contribution >= 0.6 is 0 Å². The van der Waals surface area contributed by atoms with Crippen LogP contribution in [-0.2, 0) is 0 Å². The van der Waals surface area contributed by atoms with Crippen LogP contribution in [0.4, 0.5) is 0 Å². The Morgan fingerprint density at radius 3 is 2.04 bits per heavy atom. The smallest absolute Gasteiger partial charge is 0.0471 e. The molecule has 1 heteroatoms. The molecule has 1 N–H and O–H groups in total. The van der Waals surface area contributed by atoms with Crippen molar-refractivity contribution in [2.75, 3.05) is 0 Å². The predicted molar refractivity (Wildman–Crippen MR) is 116 cm³/mol. The zero-order valence-electron chi connectivity index (χ0n) is 14.7. The van der Waals surface area contributed by atoms with E-state index in [2.05, 4.69) is 102 Å². The second-order valence-corrected chi connectivity index (χ2v) is 7.09. The van der Waals surface area contributed by atoms with Crippen molar-refractivity contribution >= 4 is 43.4 Å². The average Bonchev–Trinajstić information content (AvgIpc) is 3.13. The number of hydrogen-bond acceptors (Lipinski definition) is 0. The third kappa shape index (κ3) is 2.06. The van der Waals surface area contributed by atoms with Gasteiger partial charge in [0.2, 0.25) is 0 Å². The molecule has 0 radical (unpaired) electrons. The molecule has 1 nitrogen and oxygen atoms in total. The third-order valence-corrected chi connectivity index (χ3v) is 5.59. The molecule has 0 unspecified atom stereocenters. The molecule has 0 spiro atoms. The summed E-state index contributed by atoms with van der Waals surface area (Å²) >= 11 is 0. The first-order chi connectivity index (χ1) is 13.4. The number of nitrogens with one attached hydrogen (secondary N) is 1. The highest BCUT2D eigenvalue weighted by atomic mass is 14.7. The van der Waals surface area contributed by atoms with Gasteiger partial charge in [0.25, 0.3) is 0 Å². The fourth-order valence-corrected chi connectivity index (χ4v) is 4.39. The Morgan fingerprint density at radius 1 is 0.444 bits per heavy atom. The quantitative estimate of drug-likeness (QED) is 0.322. The molecule has 27 heavy (non-hydrogen) atoms. The van der Waals surface area contributed by atoms with Gasteiger partial charge in [0, 0.05) is 21.8 Å². The SMILES string of the molecule is c1ccc(-c2cccc3c2ccc2[nH]c4ccc5ccccc5c4c23)cc1. The van der Waals surface area contributed by atoms with E-state index < -0.39 is 0 Å². The van der Waals surface area contributed by atoms with Gasteiger partial charge in [-0.05, 0) is 44.8 Å². The van der Waals surface area contributed by atoms with Gasteiger partial charge in [-0.1, -0.05) is 84.9 Å². The number of fused-ring (bicyclic) bond motifs is 7. The van der Waals surface area contributed by atoms with Gasteiger partial charge in [-0.2, -0.15) is 0 Å². The Bertz CT molecular complexity index is 1460. The first-order valence-corrected chi connectivity index (χ1v) is 9.30. The summed E-state index contributed by atoms with van der Waals surface area (Å²) in [7, 11) is 0. The molecular formula is C26H17N. The highest BCUT2D eigenvalue weighted by molar-refractivity contribution is 6.28. The molecule has 0 bridgehead atoms. The van der Waals surface area contributed by atoms with Crippen molar-refractivity contribution in [1.82, 2.24) is 4.98 Å². The lowest BCUT2D eigenvalue weighted by Crippen LogP contribution is -1.82. The molecule has 1 heterocycles. The topological polar surface area (TPSA) is 15.8 Å². The second kappa shape index (κ2) is 5.46. The molecule has 6 aromatic rings. The minimum absolute atomic E-state index is 1.19. The Morgan fingerprint density at radius 2 is 1.15 bits per heavy atom. The molecule has 0 aliphatic rings. The van der Waals surface area contributed by atoms with Gasteiger partial charge in [-0.3, -0.25) is 0 Å². The van der Waals surface area contributed by atoms with Crippen LogP contribution in [0.3, 0.4) is 0 Å². The van der Waals surface area contributed by atoms with Crippen LogP contribution < -0.4 is 0 Å². The van der Waals surface area contributed by atoms with E-state index >= 15 is 0 Å². The minimum atomic E-state index is 1.19. The van der Waals surface area contributed by atoms with Crippen LogP contribution in [-0.4, -0.2) is 4.98 Å². The molecule has 6 rings (SSSR count). The molecule has 1 aromatic heterocycles. The summed E-state index contributed by atoms with van der Waals surface area (Å²) in [4.78, 5) is 3.62. The van der Waals surface area contributed by atoms with Crippen molar-refractivity contribution < 1.29 is 0 Å². The molecule has 0 atom stereocenters. The largest absolute Gasteiger partial charge is 0.354 e. The summed E-state index contributed by atoms with van der Waals surface area (Å²) in [5, 5.41) is 7.82. The Labute approximate surface area is 156 Å². The van der Waals surface area contributed by atoms with Crippen molar-refractivity contribution in [2.45, 2.75) is 0 Å². The Hall–Kier alpha value is -3.58. The summed E-state index contributed by atoms with van der Waals surface area (Å²) in [6, 6.07) is 34.8. The molecule has 5 aromatic carbocycles. The van der Waals surface area contributed by atoms with Crippen LogP contribution in [0.2, 0.25) is 0 Å². The van der Waals surface area contributed by atoms with Gasteiger partial charge >= 0.3 is 0 Å². The van der Waals surface area contributed by atoms with Gasteiger partial charge in [0.05, 0.1) is 0 Å². The molecule has 0 aliphatic heterocycles. The predicted octanol–water partition coefficient (Wildman–Crippen LogP) is 7.29. The maximum absolute atomic E-state index is 3.62. The number of aromatic nitrogens is 1. The highest BCUT2D eigenvalue weighted by Gasteiger charge is 2.13. The molecular weight excluding hydrogens is 326 g/mol. The lowest BCUT2D eigenvalue weighted by molar-refractivity contribution is 1.56. The number of hydrogen-bond donors (Lipinski definition) is 1. The zero-order valence-corrected chi connectivity index (χ0v) is 14.7. The average molecular weight is 343 g/mol. The minimum Gasteiger partial charge on any atom is -0.354 e. The van der Waals surface area contributed by atoms with Gasteiger partial charge in [-0.15, -0.1) is 0 Å². The van der Waals surface area contributed by atoms with Gasteiger partial charge in [0.1, 0.15) is 0 Å². The lowest BCUT2D eigenvalue weighted by atomic mass is 9.94. The van der Waals surface area contributed by atoms with E-state index in [4.69, 9.17) is 0 Å². The summed E-state index contributed by atoms with van der Waals surface area (Å²) in [5.41, 5.74) is 4.93. The van der Waals surface area contributed by atoms with E-state index in [1.165, 1.54) is 54.5 Å². The first kappa shape index (κ1) is 14.6. The van der Waals surface area contributed by atoms with Crippen molar-refractivity contribution in [3.8, 4) is 11.1 Å². The van der Waals surface area contributed by atoms with E-state index in [0.29, 0.717) is 0 Å². The number of aromatic amines is 1. The summed E-state index contributed by atoms with van der Waals surface area (Å²) in [6.45, 7) is 0. The molecule has 0 aliphatic carbocycles. The standard InChI is InChI=1S/C26H17N/c1-2-7-17(8-3-1)19-11-6-12-22-21(19)14-16-24-26(22)25-20-10-5-4-9-18(20)13-15-23(25)27-24/h1-16,27H. The number of H-pyrrole nitrogens is 1. The highest BCUT2D eigenvalue weighted by Crippen LogP contribution is 2.39. The number of benzene rings is 5. The fraction of sp³-hybridized carbons (Fsp3) is 0. The van der Waals surface area contributed by atoms with Gasteiger partial charge < -0.3 is 4.98 Å². The Balaban J connectivity index is 1.83. The Kier molecular flexibility index (Phi) is 2.95. The van der Waals surface area contributed by atoms with Crippen molar-refractivity contribution in [3.05, 3.63) is 97.1 Å². The normalized spacial score (nSPS) is 11.7. The molecule has 126 valence electrons. The summed E-state index contributed by atoms with van der Waals surface area (Å²) in [6.07, 6.45) is 0. The first-order valence-electron chi connectivity index (χ1n) is 9.30. The fourth-order valence-electron chi connectivity index (χ4n) is 4.39. The van der Waals surface area contributed by atoms with Gasteiger partial charge in [-0.25, -0.2) is 0 Å². The zero-order chi connectivity index (χ0) is 17.8. The summed E-state index contributed by atoms with van der Waals surface area (Å²) in [5.74, 6) is 0. The van der Waals surface area contributed by atoms with Crippen LogP contribution in [0.15, 0.2) is 97.1 Å². The van der Waals surface area contributed by atoms with Crippen molar-refractivity contribution in [2.24, 2.45) is 0 Å². The van der Waals surface area contributed by atoms with E-state index in [1.54, 1.807) is 0 Å². The van der Waals surface area contributed by atoms with E-state index in [0.717, 1.165) is 0 Å². The van der Waals surface area contributed by atoms with Crippen LogP contribution in [0.25, 0.3) is 54.5 Å². The van der Waals surface area contributed by atoms with Crippen molar-refractivity contribution in [3.63, 3.8) is 0 Å². The van der Waals surface area contributed by atoms with E-state index in [1.807, 2.05) is 0 Å². The van der Waals surface area contributed by atoms with Crippen molar-refractivity contribution in [1.29, 1.82) is 0 Å². The van der Waals surface area contributed by atoms with Crippen LogP contribution in [0.1, 0.15) is 0 Å².